The Balaban J connectivity index is 1.17. The SMILES string of the molecule is FC(F)(F)Cn1cc2c(N3CCC4(CCN(Cc5ccc6cc[nH]c6c5)C4)C3)ncnc2n1. The monoisotopic (exact) mass is 455 g/mol. The van der Waals surface area contributed by atoms with Crippen molar-refractivity contribution in [1.82, 2.24) is 29.6 Å². The van der Waals surface area contributed by atoms with Crippen LogP contribution in [-0.4, -0.2) is 62.0 Å². The number of nitrogens with one attached hydrogen (secondary N) is 1. The Morgan fingerprint density at radius 1 is 1.06 bits per heavy atom. The summed E-state index contributed by atoms with van der Waals surface area (Å²) in [5, 5.41) is 5.80. The van der Waals surface area contributed by atoms with Crippen LogP contribution in [0.3, 0.4) is 0 Å². The maximum atomic E-state index is 12.8. The van der Waals surface area contributed by atoms with Crippen molar-refractivity contribution >= 4 is 27.8 Å². The molecule has 5 heterocycles. The van der Waals surface area contributed by atoms with Crippen molar-refractivity contribution in [3.8, 4) is 0 Å². The summed E-state index contributed by atoms with van der Waals surface area (Å²) in [6, 6.07) is 8.65. The molecule has 3 aromatic heterocycles. The lowest BCUT2D eigenvalue weighted by Crippen LogP contribution is -2.31. The molecule has 4 aromatic rings. The van der Waals surface area contributed by atoms with E-state index in [9.17, 15) is 13.2 Å². The Labute approximate surface area is 188 Å². The highest BCUT2D eigenvalue weighted by atomic mass is 19.4. The van der Waals surface area contributed by atoms with E-state index in [-0.39, 0.29) is 5.41 Å². The molecule has 2 aliphatic heterocycles. The average Bonchev–Trinajstić information content (AvgIpc) is 3.53. The van der Waals surface area contributed by atoms with Gasteiger partial charge in [0.25, 0.3) is 0 Å². The molecule has 1 N–H and O–H groups in total. The Morgan fingerprint density at radius 3 is 2.82 bits per heavy atom. The molecule has 0 bridgehead atoms. The largest absolute Gasteiger partial charge is 0.408 e. The first-order valence-electron chi connectivity index (χ1n) is 11.1. The van der Waals surface area contributed by atoms with Crippen molar-refractivity contribution in [2.75, 3.05) is 31.1 Å². The summed E-state index contributed by atoms with van der Waals surface area (Å²) < 4.78 is 39.3. The van der Waals surface area contributed by atoms with Crippen LogP contribution in [0.25, 0.3) is 21.9 Å². The van der Waals surface area contributed by atoms with Crippen LogP contribution in [0.5, 0.6) is 0 Å². The molecule has 2 saturated heterocycles. The molecule has 1 spiro atoms. The molecule has 172 valence electrons. The zero-order chi connectivity index (χ0) is 22.6. The molecular weight excluding hydrogens is 431 g/mol. The highest BCUT2D eigenvalue weighted by Crippen LogP contribution is 2.42. The normalized spacial score (nSPS) is 21.8. The number of hydrogen-bond donors (Lipinski definition) is 1. The Hall–Kier alpha value is -3.14. The third-order valence-electron chi connectivity index (χ3n) is 6.97. The number of alkyl halides is 3. The minimum absolute atomic E-state index is 0.176. The lowest BCUT2D eigenvalue weighted by Gasteiger charge is -2.25. The molecule has 6 rings (SSSR count). The van der Waals surface area contributed by atoms with E-state index in [1.807, 2.05) is 6.20 Å². The molecule has 0 saturated carbocycles. The topological polar surface area (TPSA) is 65.9 Å². The van der Waals surface area contributed by atoms with E-state index in [1.165, 1.54) is 23.5 Å². The molecule has 0 radical (unpaired) electrons. The van der Waals surface area contributed by atoms with Gasteiger partial charge >= 0.3 is 6.18 Å². The highest BCUT2D eigenvalue weighted by Gasteiger charge is 2.44. The second kappa shape index (κ2) is 7.44. The van der Waals surface area contributed by atoms with Crippen molar-refractivity contribution in [3.63, 3.8) is 0 Å². The number of aromatic amines is 1. The van der Waals surface area contributed by atoms with Gasteiger partial charge in [0.1, 0.15) is 18.7 Å². The quantitative estimate of drug-likeness (QED) is 0.505. The zero-order valence-corrected chi connectivity index (χ0v) is 18.0. The van der Waals surface area contributed by atoms with Crippen LogP contribution < -0.4 is 4.90 Å². The van der Waals surface area contributed by atoms with Crippen molar-refractivity contribution in [2.24, 2.45) is 5.41 Å². The minimum Gasteiger partial charge on any atom is -0.361 e. The second-order valence-corrected chi connectivity index (χ2v) is 9.41. The summed E-state index contributed by atoms with van der Waals surface area (Å²) in [6.07, 6.45) is 2.60. The molecule has 1 atom stereocenters. The number of H-pyrrole nitrogens is 1. The van der Waals surface area contributed by atoms with Crippen LogP contribution >= 0.6 is 0 Å². The Kier molecular flexibility index (Phi) is 4.62. The van der Waals surface area contributed by atoms with Gasteiger partial charge in [0.15, 0.2) is 5.65 Å². The molecule has 1 unspecified atom stereocenters. The van der Waals surface area contributed by atoms with Crippen LogP contribution in [0, 0.1) is 5.41 Å². The van der Waals surface area contributed by atoms with Crippen molar-refractivity contribution in [3.05, 3.63) is 48.5 Å². The first-order valence-corrected chi connectivity index (χ1v) is 11.1. The standard InChI is InChI=1S/C23H24F3N7/c24-23(25,26)14-33-11-18-20(30-33)28-15-29-21(18)32-8-5-22(13-32)4-7-31(12-22)10-16-1-2-17-3-6-27-19(17)9-16/h1-3,6,9,11,15,27H,4-5,7-8,10,12-14H2. The van der Waals surface area contributed by atoms with Crippen LogP contribution in [-0.2, 0) is 13.1 Å². The smallest absolute Gasteiger partial charge is 0.361 e. The summed E-state index contributed by atoms with van der Waals surface area (Å²) in [4.78, 5) is 16.5. The molecule has 0 amide bonds. The van der Waals surface area contributed by atoms with Gasteiger partial charge in [-0.1, -0.05) is 12.1 Å². The van der Waals surface area contributed by atoms with Gasteiger partial charge in [-0.25, -0.2) is 9.97 Å². The van der Waals surface area contributed by atoms with E-state index in [4.69, 9.17) is 0 Å². The maximum absolute atomic E-state index is 12.8. The fourth-order valence-corrected chi connectivity index (χ4v) is 5.45. The van der Waals surface area contributed by atoms with Gasteiger partial charge in [-0.2, -0.15) is 18.3 Å². The number of nitrogens with zero attached hydrogens (tertiary/aromatic N) is 6. The molecule has 7 nitrogen and oxygen atoms in total. The van der Waals surface area contributed by atoms with Crippen LogP contribution in [0.2, 0.25) is 0 Å². The number of rotatable bonds is 4. The maximum Gasteiger partial charge on any atom is 0.408 e. The summed E-state index contributed by atoms with van der Waals surface area (Å²) in [5.74, 6) is 0.681. The van der Waals surface area contributed by atoms with E-state index in [1.54, 1.807) is 0 Å². The number of aromatic nitrogens is 5. The first-order chi connectivity index (χ1) is 15.9. The molecule has 10 heteroatoms. The van der Waals surface area contributed by atoms with Gasteiger partial charge in [-0.05, 0) is 42.5 Å². The minimum atomic E-state index is -4.33. The third kappa shape index (κ3) is 3.92. The average molecular weight is 455 g/mol. The van der Waals surface area contributed by atoms with Crippen molar-refractivity contribution in [2.45, 2.75) is 32.1 Å². The molecule has 33 heavy (non-hydrogen) atoms. The third-order valence-corrected chi connectivity index (χ3v) is 6.97. The number of halogens is 3. The summed E-state index contributed by atoms with van der Waals surface area (Å²) in [5.41, 5.74) is 2.94. The zero-order valence-electron chi connectivity index (χ0n) is 18.0. The lowest BCUT2D eigenvalue weighted by molar-refractivity contribution is -0.142. The van der Waals surface area contributed by atoms with Crippen molar-refractivity contribution in [1.29, 1.82) is 0 Å². The van der Waals surface area contributed by atoms with Gasteiger partial charge < -0.3 is 9.88 Å². The van der Waals surface area contributed by atoms with Crippen LogP contribution in [0.4, 0.5) is 19.0 Å². The predicted octanol–water partition coefficient (Wildman–Crippen LogP) is 3.97. The summed E-state index contributed by atoms with van der Waals surface area (Å²) >= 11 is 0. The van der Waals surface area contributed by atoms with E-state index in [0.717, 1.165) is 55.8 Å². The first kappa shape index (κ1) is 20.5. The van der Waals surface area contributed by atoms with E-state index >= 15 is 0 Å². The van der Waals surface area contributed by atoms with Gasteiger partial charge in [0, 0.05) is 49.5 Å². The molecule has 1 aromatic carbocycles. The number of likely N-dealkylation sites (tertiary alicyclic amines) is 1. The van der Waals surface area contributed by atoms with Crippen LogP contribution in [0.1, 0.15) is 18.4 Å². The highest BCUT2D eigenvalue weighted by molar-refractivity contribution is 5.86. The molecule has 2 fully saturated rings. The predicted molar refractivity (Wildman–Crippen MR) is 119 cm³/mol. The van der Waals surface area contributed by atoms with Gasteiger partial charge in [0.05, 0.1) is 5.39 Å². The van der Waals surface area contributed by atoms with Crippen molar-refractivity contribution < 1.29 is 13.2 Å². The fraction of sp³-hybridized carbons (Fsp3) is 0.435. The van der Waals surface area contributed by atoms with E-state index in [0.29, 0.717) is 16.9 Å². The second-order valence-electron chi connectivity index (χ2n) is 9.41. The Morgan fingerprint density at radius 2 is 1.94 bits per heavy atom. The summed E-state index contributed by atoms with van der Waals surface area (Å²) in [7, 11) is 0. The lowest BCUT2D eigenvalue weighted by atomic mass is 9.86. The van der Waals surface area contributed by atoms with Gasteiger partial charge in [-0.15, -0.1) is 0 Å². The van der Waals surface area contributed by atoms with E-state index in [2.05, 4.69) is 54.1 Å². The molecule has 0 aliphatic carbocycles. The van der Waals surface area contributed by atoms with Gasteiger partial charge in [-0.3, -0.25) is 9.58 Å². The Bertz CT molecular complexity index is 1310. The molecular formula is C23H24F3N7. The fourth-order valence-electron chi connectivity index (χ4n) is 5.45. The van der Waals surface area contributed by atoms with E-state index < -0.39 is 12.7 Å². The van der Waals surface area contributed by atoms with Gasteiger partial charge in [0.2, 0.25) is 0 Å². The number of benzene rings is 1. The number of hydrogen-bond acceptors (Lipinski definition) is 5. The van der Waals surface area contributed by atoms with Crippen LogP contribution in [0.15, 0.2) is 43.0 Å². The summed E-state index contributed by atoms with van der Waals surface area (Å²) in [6.45, 7) is 3.51. The molecule has 2 aliphatic rings. The number of fused-ring (bicyclic) bond motifs is 2. The number of anilines is 1.